The number of aromatic nitrogens is 2. The van der Waals surface area contributed by atoms with Crippen LogP contribution in [0.5, 0.6) is 0 Å². The van der Waals surface area contributed by atoms with Gasteiger partial charge in [0.05, 0.1) is 6.26 Å². The van der Waals surface area contributed by atoms with Crippen molar-refractivity contribution in [3.05, 3.63) is 78.5 Å². The number of rotatable bonds is 6. The summed E-state index contributed by atoms with van der Waals surface area (Å²) >= 11 is 0. The van der Waals surface area contributed by atoms with Crippen LogP contribution < -0.4 is 10.6 Å². The van der Waals surface area contributed by atoms with Crippen LogP contribution in [0.3, 0.4) is 0 Å². The molecule has 1 aromatic carbocycles. The second kappa shape index (κ2) is 7.96. The Morgan fingerprint density at radius 1 is 1.04 bits per heavy atom. The molecule has 2 N–H and O–H groups in total. The molecule has 25 heavy (non-hydrogen) atoms. The van der Waals surface area contributed by atoms with Gasteiger partial charge in [-0.3, -0.25) is 14.3 Å². The molecule has 0 spiro atoms. The van der Waals surface area contributed by atoms with Crippen LogP contribution >= 0.6 is 0 Å². The van der Waals surface area contributed by atoms with Crippen LogP contribution in [0.4, 0.5) is 0 Å². The molecule has 2 aromatic heterocycles. The molecule has 0 saturated carbocycles. The van der Waals surface area contributed by atoms with Gasteiger partial charge in [0, 0.05) is 25.5 Å². The fourth-order valence-electron chi connectivity index (χ4n) is 2.40. The van der Waals surface area contributed by atoms with Gasteiger partial charge in [-0.1, -0.05) is 30.3 Å². The Morgan fingerprint density at radius 3 is 2.52 bits per heavy atom. The largest absolute Gasteiger partial charge is 0.467 e. The lowest BCUT2D eigenvalue weighted by Crippen LogP contribution is -2.42. The normalized spacial score (nSPS) is 11.7. The van der Waals surface area contributed by atoms with Gasteiger partial charge in [-0.05, 0) is 23.8 Å². The summed E-state index contributed by atoms with van der Waals surface area (Å²) < 4.78 is 7.07. The van der Waals surface area contributed by atoms with Crippen molar-refractivity contribution < 1.29 is 14.0 Å². The second-order valence-electron chi connectivity index (χ2n) is 5.40. The monoisotopic (exact) mass is 338 g/mol. The minimum atomic E-state index is -0.695. The lowest BCUT2D eigenvalue weighted by Gasteiger charge is -2.16. The maximum atomic E-state index is 12.0. The number of nitrogens with one attached hydrogen (secondary N) is 2. The van der Waals surface area contributed by atoms with E-state index in [4.69, 9.17) is 4.42 Å². The van der Waals surface area contributed by atoms with Crippen molar-refractivity contribution in [2.75, 3.05) is 6.54 Å². The Labute approximate surface area is 144 Å². The van der Waals surface area contributed by atoms with Crippen molar-refractivity contribution in [1.82, 2.24) is 20.4 Å². The highest BCUT2D eigenvalue weighted by Crippen LogP contribution is 2.16. The Kier molecular flexibility index (Phi) is 5.26. The molecule has 128 valence electrons. The van der Waals surface area contributed by atoms with Crippen LogP contribution in [-0.4, -0.2) is 28.1 Å². The molecule has 0 fully saturated rings. The zero-order chi connectivity index (χ0) is 17.5. The number of carbonyl (C=O) groups excluding carboxylic acids is 2. The fourth-order valence-corrected chi connectivity index (χ4v) is 2.40. The molecular weight excluding hydrogens is 320 g/mol. The summed E-state index contributed by atoms with van der Waals surface area (Å²) in [5, 5.41) is 9.39. The van der Waals surface area contributed by atoms with Gasteiger partial charge >= 0.3 is 11.8 Å². The zero-order valence-electron chi connectivity index (χ0n) is 13.5. The smallest absolute Gasteiger partial charge is 0.309 e. The Bertz CT molecular complexity index is 764. The van der Waals surface area contributed by atoms with Gasteiger partial charge in [0.2, 0.25) is 0 Å². The molecule has 0 radical (unpaired) electrons. The molecule has 0 aliphatic carbocycles. The standard InChI is InChI=1S/C18H18N4O3/c23-17(19-12-14-6-2-1-3-7-14)18(24)20-13-15(16-8-4-11-25-16)22-10-5-9-21-22/h1-11,15H,12-13H2,(H,19,23)(H,20,24)/t15-/m1/s1. The molecule has 0 aliphatic rings. The quantitative estimate of drug-likeness (QED) is 0.667. The zero-order valence-corrected chi connectivity index (χ0v) is 13.5. The minimum Gasteiger partial charge on any atom is -0.467 e. The van der Waals surface area contributed by atoms with E-state index in [1.807, 2.05) is 30.3 Å². The van der Waals surface area contributed by atoms with Crippen LogP contribution in [0.1, 0.15) is 17.4 Å². The third-order valence-electron chi connectivity index (χ3n) is 3.67. The van der Waals surface area contributed by atoms with E-state index in [1.54, 1.807) is 41.5 Å². The van der Waals surface area contributed by atoms with Crippen LogP contribution in [0.15, 0.2) is 71.6 Å². The molecule has 2 amide bonds. The average Bonchev–Trinajstić information content (AvgIpc) is 3.35. The summed E-state index contributed by atoms with van der Waals surface area (Å²) in [5.74, 6) is -0.726. The Balaban J connectivity index is 1.55. The first kappa shape index (κ1) is 16.5. The van der Waals surface area contributed by atoms with Crippen molar-refractivity contribution in [3.8, 4) is 0 Å². The van der Waals surface area contributed by atoms with E-state index in [9.17, 15) is 9.59 Å². The van der Waals surface area contributed by atoms with E-state index >= 15 is 0 Å². The highest BCUT2D eigenvalue weighted by atomic mass is 16.3. The first-order chi connectivity index (χ1) is 12.2. The highest BCUT2D eigenvalue weighted by Gasteiger charge is 2.20. The summed E-state index contributed by atoms with van der Waals surface area (Å²) in [5.41, 5.74) is 0.925. The molecule has 3 rings (SSSR count). The number of benzene rings is 1. The molecule has 2 heterocycles. The first-order valence-corrected chi connectivity index (χ1v) is 7.86. The van der Waals surface area contributed by atoms with E-state index < -0.39 is 11.8 Å². The van der Waals surface area contributed by atoms with Gasteiger partial charge in [0.15, 0.2) is 0 Å². The highest BCUT2D eigenvalue weighted by molar-refractivity contribution is 6.35. The SMILES string of the molecule is O=C(NCc1ccccc1)C(=O)NC[C@H](c1ccco1)n1cccn1. The van der Waals surface area contributed by atoms with Crippen molar-refractivity contribution in [2.24, 2.45) is 0 Å². The predicted molar refractivity (Wildman–Crippen MR) is 90.4 cm³/mol. The molecule has 0 aliphatic heterocycles. The van der Waals surface area contributed by atoms with Crippen molar-refractivity contribution in [2.45, 2.75) is 12.6 Å². The molecule has 0 saturated heterocycles. The molecule has 7 nitrogen and oxygen atoms in total. The van der Waals surface area contributed by atoms with Gasteiger partial charge in [0.25, 0.3) is 0 Å². The summed E-state index contributed by atoms with van der Waals surface area (Å²) in [7, 11) is 0. The maximum absolute atomic E-state index is 12.0. The van der Waals surface area contributed by atoms with Crippen LogP contribution in [0.2, 0.25) is 0 Å². The first-order valence-electron chi connectivity index (χ1n) is 7.86. The molecule has 0 unspecified atom stereocenters. The molecule has 3 aromatic rings. The molecule has 7 heteroatoms. The van der Waals surface area contributed by atoms with Gasteiger partial charge in [0.1, 0.15) is 11.8 Å². The third kappa shape index (κ3) is 4.35. The minimum absolute atomic E-state index is 0.187. The number of nitrogens with zero attached hydrogens (tertiary/aromatic N) is 2. The van der Waals surface area contributed by atoms with E-state index in [-0.39, 0.29) is 12.6 Å². The van der Waals surface area contributed by atoms with Gasteiger partial charge < -0.3 is 15.1 Å². The number of amides is 2. The Hall–Kier alpha value is -3.35. The van der Waals surface area contributed by atoms with Crippen LogP contribution in [0.25, 0.3) is 0 Å². The lowest BCUT2D eigenvalue weighted by molar-refractivity contribution is -0.139. The number of hydrogen-bond acceptors (Lipinski definition) is 4. The van der Waals surface area contributed by atoms with Gasteiger partial charge in [-0.2, -0.15) is 5.10 Å². The lowest BCUT2D eigenvalue weighted by atomic mass is 10.2. The maximum Gasteiger partial charge on any atom is 0.309 e. The second-order valence-corrected chi connectivity index (χ2v) is 5.40. The van der Waals surface area contributed by atoms with E-state index in [2.05, 4.69) is 15.7 Å². The van der Waals surface area contributed by atoms with E-state index in [0.29, 0.717) is 12.3 Å². The number of furan rings is 1. The number of hydrogen-bond donors (Lipinski definition) is 2. The van der Waals surface area contributed by atoms with E-state index in [0.717, 1.165) is 5.56 Å². The molecule has 1 atom stereocenters. The Morgan fingerprint density at radius 2 is 1.84 bits per heavy atom. The van der Waals surface area contributed by atoms with Crippen molar-refractivity contribution >= 4 is 11.8 Å². The third-order valence-corrected chi connectivity index (χ3v) is 3.67. The molecular formula is C18H18N4O3. The van der Waals surface area contributed by atoms with Gasteiger partial charge in [-0.15, -0.1) is 0 Å². The summed E-state index contributed by atoms with van der Waals surface area (Å²) in [6.45, 7) is 0.487. The summed E-state index contributed by atoms with van der Waals surface area (Å²) in [4.78, 5) is 24.0. The van der Waals surface area contributed by atoms with Crippen molar-refractivity contribution in [1.29, 1.82) is 0 Å². The average molecular weight is 338 g/mol. The van der Waals surface area contributed by atoms with Crippen LogP contribution in [-0.2, 0) is 16.1 Å². The summed E-state index contributed by atoms with van der Waals surface area (Å²) in [6.07, 6.45) is 4.97. The van der Waals surface area contributed by atoms with Crippen LogP contribution in [0, 0.1) is 0 Å². The summed E-state index contributed by atoms with van der Waals surface area (Å²) in [6, 6.07) is 14.4. The number of carbonyl (C=O) groups is 2. The topological polar surface area (TPSA) is 89.2 Å². The predicted octanol–water partition coefficient (Wildman–Crippen LogP) is 1.50. The van der Waals surface area contributed by atoms with E-state index in [1.165, 1.54) is 0 Å². The van der Waals surface area contributed by atoms with Gasteiger partial charge in [-0.25, -0.2) is 0 Å². The van der Waals surface area contributed by atoms with Crippen molar-refractivity contribution in [3.63, 3.8) is 0 Å². The molecule has 0 bridgehead atoms. The fraction of sp³-hybridized carbons (Fsp3) is 0.167.